The minimum Gasteiger partial charge on any atom is -0.491 e. The number of aliphatic hydroxyl groups excluding tert-OH is 1. The SMILES string of the molecule is COc1nc(N(C)[C@H]2C[C@@H](NCc3ccc(-c4cc(OC)c(OC(F)F)nn4)cc3)C[C@H]2O)c2cc(CC(F)(F)F)sc2n1. The van der Waals surface area contributed by atoms with Crippen molar-refractivity contribution in [2.24, 2.45) is 0 Å². The summed E-state index contributed by atoms with van der Waals surface area (Å²) in [5.74, 6) is 0.0205. The third kappa shape index (κ3) is 7.25. The molecule has 0 spiro atoms. The molecule has 0 radical (unpaired) electrons. The number of aromatic nitrogens is 4. The molecule has 0 bridgehead atoms. The molecule has 1 aliphatic carbocycles. The highest BCUT2D eigenvalue weighted by molar-refractivity contribution is 7.18. The van der Waals surface area contributed by atoms with Crippen molar-refractivity contribution >= 4 is 27.4 Å². The Balaban J connectivity index is 1.24. The first-order valence-corrected chi connectivity index (χ1v) is 14.3. The van der Waals surface area contributed by atoms with Gasteiger partial charge in [-0.3, -0.25) is 0 Å². The standard InChI is InChI=1S/C28H29F5N6O4S/c1-39(23-18-10-17(12-28(31,32)33)44-25(18)36-27(35-23)42-3)20-8-16(9-21(20)40)34-13-14-4-6-15(7-5-14)19-11-22(41-2)24(38-37-19)43-26(29)30/h4-7,10-11,16,20-21,26,34,40H,8-9,12-13H2,1-3H3/t16-,20+,21-/m1/s1. The maximum Gasteiger partial charge on any atom is 0.393 e. The summed E-state index contributed by atoms with van der Waals surface area (Å²) >= 11 is 0.940. The van der Waals surface area contributed by atoms with Gasteiger partial charge in [0.2, 0.25) is 0 Å². The number of halogens is 5. The van der Waals surface area contributed by atoms with Gasteiger partial charge in [-0.25, -0.2) is 0 Å². The average molecular weight is 641 g/mol. The summed E-state index contributed by atoms with van der Waals surface area (Å²) < 4.78 is 78.9. The highest BCUT2D eigenvalue weighted by Gasteiger charge is 2.37. The smallest absolute Gasteiger partial charge is 0.393 e. The number of nitrogens with one attached hydrogen (secondary N) is 1. The molecule has 10 nitrogen and oxygen atoms in total. The van der Waals surface area contributed by atoms with Gasteiger partial charge in [0, 0.05) is 36.1 Å². The van der Waals surface area contributed by atoms with Crippen LogP contribution in [0.15, 0.2) is 36.4 Å². The third-order valence-electron chi connectivity index (χ3n) is 7.28. The molecule has 16 heteroatoms. The van der Waals surface area contributed by atoms with Gasteiger partial charge in [0.1, 0.15) is 10.6 Å². The number of nitrogens with zero attached hydrogens (tertiary/aromatic N) is 5. The molecule has 236 valence electrons. The molecule has 1 aromatic carbocycles. The zero-order valence-corrected chi connectivity index (χ0v) is 24.6. The van der Waals surface area contributed by atoms with Crippen molar-refractivity contribution in [1.29, 1.82) is 0 Å². The molecule has 0 aliphatic heterocycles. The molecule has 0 saturated heterocycles. The van der Waals surface area contributed by atoms with Crippen LogP contribution >= 0.6 is 11.3 Å². The van der Waals surface area contributed by atoms with Crippen LogP contribution in [0.2, 0.25) is 0 Å². The summed E-state index contributed by atoms with van der Waals surface area (Å²) in [4.78, 5) is 10.9. The van der Waals surface area contributed by atoms with Gasteiger partial charge in [-0.15, -0.1) is 21.5 Å². The number of hydrogen-bond donors (Lipinski definition) is 2. The Labute approximate surface area is 252 Å². The zero-order valence-electron chi connectivity index (χ0n) is 23.8. The maximum atomic E-state index is 13.0. The molecule has 1 fully saturated rings. The predicted octanol–water partition coefficient (Wildman–Crippen LogP) is 4.99. The number of thiophene rings is 1. The Morgan fingerprint density at radius 3 is 2.48 bits per heavy atom. The van der Waals surface area contributed by atoms with E-state index >= 15 is 0 Å². The molecular weight excluding hydrogens is 611 g/mol. The molecule has 0 unspecified atom stereocenters. The van der Waals surface area contributed by atoms with Gasteiger partial charge in [0.15, 0.2) is 5.75 Å². The van der Waals surface area contributed by atoms with E-state index in [1.165, 1.54) is 26.4 Å². The van der Waals surface area contributed by atoms with Crippen LogP contribution in [0.1, 0.15) is 23.3 Å². The van der Waals surface area contributed by atoms with Crippen LogP contribution in [0.25, 0.3) is 21.5 Å². The number of aliphatic hydroxyl groups is 1. The number of anilines is 1. The van der Waals surface area contributed by atoms with Crippen LogP contribution in [-0.2, 0) is 13.0 Å². The summed E-state index contributed by atoms with van der Waals surface area (Å²) in [6, 6.07) is 9.95. The van der Waals surface area contributed by atoms with Crippen LogP contribution in [0, 0.1) is 0 Å². The van der Waals surface area contributed by atoms with Crippen molar-refractivity contribution in [3.05, 3.63) is 46.8 Å². The summed E-state index contributed by atoms with van der Waals surface area (Å²) in [6.07, 6.45) is -5.11. The molecule has 1 aliphatic rings. The second kappa shape index (κ2) is 13.0. The molecule has 3 atom stereocenters. The Kier molecular flexibility index (Phi) is 9.31. The highest BCUT2D eigenvalue weighted by atomic mass is 32.1. The van der Waals surface area contributed by atoms with E-state index in [2.05, 4.69) is 30.2 Å². The van der Waals surface area contributed by atoms with E-state index in [-0.39, 0.29) is 28.7 Å². The number of alkyl halides is 5. The normalized spacial score (nSPS) is 18.6. The fourth-order valence-electron chi connectivity index (χ4n) is 5.19. The Bertz CT molecular complexity index is 1590. The van der Waals surface area contributed by atoms with Gasteiger partial charge in [0.05, 0.1) is 43.9 Å². The minimum absolute atomic E-state index is 0.0299. The molecule has 2 N–H and O–H groups in total. The molecular formula is C28H29F5N6O4S. The van der Waals surface area contributed by atoms with E-state index in [1.807, 2.05) is 24.3 Å². The van der Waals surface area contributed by atoms with E-state index in [0.717, 1.165) is 16.9 Å². The van der Waals surface area contributed by atoms with Gasteiger partial charge in [-0.1, -0.05) is 24.3 Å². The van der Waals surface area contributed by atoms with Gasteiger partial charge >= 0.3 is 18.8 Å². The lowest BCUT2D eigenvalue weighted by Gasteiger charge is -2.28. The van der Waals surface area contributed by atoms with Gasteiger partial charge in [-0.05, 0) is 24.5 Å². The molecule has 44 heavy (non-hydrogen) atoms. The average Bonchev–Trinajstić information content (AvgIpc) is 3.56. The van der Waals surface area contributed by atoms with Crippen LogP contribution < -0.4 is 24.4 Å². The number of benzene rings is 1. The topological polar surface area (TPSA) is 115 Å². The number of rotatable bonds is 11. The summed E-state index contributed by atoms with van der Waals surface area (Å²) in [7, 11) is 4.46. The van der Waals surface area contributed by atoms with Crippen LogP contribution in [0.3, 0.4) is 0 Å². The summed E-state index contributed by atoms with van der Waals surface area (Å²) in [5.41, 5.74) is 2.06. The Morgan fingerprint density at radius 2 is 1.82 bits per heavy atom. The number of hydrogen-bond acceptors (Lipinski definition) is 11. The van der Waals surface area contributed by atoms with Gasteiger partial charge < -0.3 is 29.5 Å². The lowest BCUT2D eigenvalue weighted by atomic mass is 10.1. The second-order valence-electron chi connectivity index (χ2n) is 10.2. The van der Waals surface area contributed by atoms with E-state index < -0.39 is 31.2 Å². The van der Waals surface area contributed by atoms with Gasteiger partial charge in [-0.2, -0.15) is 31.9 Å². The monoisotopic (exact) mass is 640 g/mol. The molecule has 4 aromatic rings. The van der Waals surface area contributed by atoms with Crippen LogP contribution in [0.5, 0.6) is 17.6 Å². The predicted molar refractivity (Wildman–Crippen MR) is 152 cm³/mol. The zero-order chi connectivity index (χ0) is 31.6. The highest BCUT2D eigenvalue weighted by Crippen LogP contribution is 2.37. The third-order valence-corrected chi connectivity index (χ3v) is 8.31. The second-order valence-corrected chi connectivity index (χ2v) is 11.3. The quantitative estimate of drug-likeness (QED) is 0.218. The van der Waals surface area contributed by atoms with Crippen molar-refractivity contribution in [3.8, 4) is 28.9 Å². The lowest BCUT2D eigenvalue weighted by molar-refractivity contribution is -0.126. The fourth-order valence-corrected chi connectivity index (χ4v) is 6.23. The summed E-state index contributed by atoms with van der Waals surface area (Å²) in [5, 5.41) is 22.5. The number of methoxy groups -OCH3 is 2. The minimum atomic E-state index is -4.35. The van der Waals surface area contributed by atoms with E-state index in [9.17, 15) is 27.1 Å². The van der Waals surface area contributed by atoms with Crippen molar-refractivity contribution < 1.29 is 41.3 Å². The first-order chi connectivity index (χ1) is 20.9. The van der Waals surface area contributed by atoms with E-state index in [1.54, 1.807) is 11.9 Å². The molecule has 1 saturated carbocycles. The Morgan fingerprint density at radius 1 is 1.07 bits per heavy atom. The van der Waals surface area contributed by atoms with Crippen molar-refractivity contribution in [2.75, 3.05) is 26.2 Å². The van der Waals surface area contributed by atoms with Crippen LogP contribution in [-0.4, -0.2) is 77.5 Å². The lowest BCUT2D eigenvalue weighted by Crippen LogP contribution is -2.38. The van der Waals surface area contributed by atoms with Crippen molar-refractivity contribution in [2.45, 2.75) is 56.8 Å². The number of fused-ring (bicyclic) bond motifs is 1. The van der Waals surface area contributed by atoms with Crippen molar-refractivity contribution in [1.82, 2.24) is 25.5 Å². The summed E-state index contributed by atoms with van der Waals surface area (Å²) in [6.45, 7) is -2.55. The first kappa shape index (κ1) is 31.5. The maximum absolute atomic E-state index is 13.0. The Hall–Kier alpha value is -3.89. The van der Waals surface area contributed by atoms with Crippen molar-refractivity contribution in [3.63, 3.8) is 0 Å². The first-order valence-electron chi connectivity index (χ1n) is 13.5. The molecule has 3 aromatic heterocycles. The van der Waals surface area contributed by atoms with E-state index in [4.69, 9.17) is 9.47 Å². The molecule has 5 rings (SSSR count). The number of ether oxygens (including phenoxy) is 3. The largest absolute Gasteiger partial charge is 0.491 e. The molecule has 0 amide bonds. The number of likely N-dealkylation sites (N-methyl/N-ethyl adjacent to an activating group) is 1. The van der Waals surface area contributed by atoms with Crippen LogP contribution in [0.4, 0.5) is 27.8 Å². The molecule has 3 heterocycles. The van der Waals surface area contributed by atoms with E-state index in [0.29, 0.717) is 46.7 Å². The fraction of sp³-hybridized carbons (Fsp3) is 0.429. The van der Waals surface area contributed by atoms with Gasteiger partial charge in [0.25, 0.3) is 5.88 Å².